The Morgan fingerprint density at radius 1 is 1.67 bits per heavy atom. The predicted octanol–water partition coefficient (Wildman–Crippen LogP) is 1.39. The van der Waals surface area contributed by atoms with Gasteiger partial charge in [0.15, 0.2) is 0 Å². The van der Waals surface area contributed by atoms with Crippen LogP contribution in [0.4, 0.5) is 0 Å². The highest BCUT2D eigenvalue weighted by Gasteiger charge is 2.23. The molecule has 0 aliphatic rings. The summed E-state index contributed by atoms with van der Waals surface area (Å²) >= 11 is 1.66. The van der Waals surface area contributed by atoms with Crippen LogP contribution in [-0.4, -0.2) is 17.3 Å². The number of hydrogen-bond donors (Lipinski definition) is 2. The van der Waals surface area contributed by atoms with Crippen LogP contribution in [0.3, 0.4) is 0 Å². The average Bonchev–Trinajstić information content (AvgIpc) is 2.57. The molecule has 0 spiro atoms. The van der Waals surface area contributed by atoms with Gasteiger partial charge in [-0.3, -0.25) is 0 Å². The molecule has 1 heterocycles. The van der Waals surface area contributed by atoms with Crippen molar-refractivity contribution in [2.24, 2.45) is 5.73 Å². The molecule has 0 saturated carbocycles. The van der Waals surface area contributed by atoms with E-state index in [1.807, 2.05) is 24.4 Å². The van der Waals surface area contributed by atoms with Gasteiger partial charge >= 0.3 is 0 Å². The first-order valence-corrected chi connectivity index (χ1v) is 5.03. The maximum atomic E-state index is 9.88. The molecule has 0 fully saturated rings. The van der Waals surface area contributed by atoms with Crippen LogP contribution in [0.2, 0.25) is 0 Å². The lowest BCUT2D eigenvalue weighted by molar-refractivity contribution is 0.0464. The molecule has 0 amide bonds. The van der Waals surface area contributed by atoms with Gasteiger partial charge in [0.1, 0.15) is 0 Å². The van der Waals surface area contributed by atoms with Crippen LogP contribution in [-0.2, 0) is 6.42 Å². The zero-order valence-electron chi connectivity index (χ0n) is 7.29. The normalized spacial score (nSPS) is 15.9. The van der Waals surface area contributed by atoms with Crippen molar-refractivity contribution in [3.63, 3.8) is 0 Å². The zero-order valence-corrected chi connectivity index (χ0v) is 8.10. The number of aliphatic hydroxyl groups is 1. The summed E-state index contributed by atoms with van der Waals surface area (Å²) in [6.07, 6.45) is 1.39. The standard InChI is InChI=1S/C9H15NOS/c1-2-9(11,7-10)6-8-4-3-5-12-8/h3-5,11H,2,6-7,10H2,1H3. The molecule has 0 aromatic carbocycles. The fraction of sp³-hybridized carbons (Fsp3) is 0.556. The molecule has 12 heavy (non-hydrogen) atoms. The van der Waals surface area contributed by atoms with Crippen LogP contribution < -0.4 is 5.73 Å². The quantitative estimate of drug-likeness (QED) is 0.744. The van der Waals surface area contributed by atoms with E-state index in [-0.39, 0.29) is 0 Å². The monoisotopic (exact) mass is 185 g/mol. The Morgan fingerprint density at radius 2 is 2.42 bits per heavy atom. The minimum Gasteiger partial charge on any atom is -0.388 e. The molecule has 0 aliphatic carbocycles. The van der Waals surface area contributed by atoms with E-state index in [4.69, 9.17) is 5.73 Å². The molecular weight excluding hydrogens is 170 g/mol. The Bertz CT molecular complexity index is 216. The number of rotatable bonds is 4. The lowest BCUT2D eigenvalue weighted by atomic mass is 9.96. The van der Waals surface area contributed by atoms with Crippen molar-refractivity contribution in [1.29, 1.82) is 0 Å². The Balaban J connectivity index is 2.60. The van der Waals surface area contributed by atoms with Crippen molar-refractivity contribution in [3.05, 3.63) is 22.4 Å². The highest BCUT2D eigenvalue weighted by molar-refractivity contribution is 7.09. The van der Waals surface area contributed by atoms with E-state index in [0.29, 0.717) is 19.4 Å². The first kappa shape index (κ1) is 9.71. The van der Waals surface area contributed by atoms with E-state index in [1.165, 1.54) is 4.88 Å². The van der Waals surface area contributed by atoms with E-state index in [9.17, 15) is 5.11 Å². The van der Waals surface area contributed by atoms with Gasteiger partial charge in [0.05, 0.1) is 5.60 Å². The first-order chi connectivity index (χ1) is 5.70. The van der Waals surface area contributed by atoms with E-state index in [0.717, 1.165) is 0 Å². The van der Waals surface area contributed by atoms with Crippen molar-refractivity contribution in [2.45, 2.75) is 25.4 Å². The van der Waals surface area contributed by atoms with Crippen LogP contribution in [0.5, 0.6) is 0 Å². The van der Waals surface area contributed by atoms with Gasteiger partial charge in [-0.1, -0.05) is 13.0 Å². The predicted molar refractivity (Wildman–Crippen MR) is 52.3 cm³/mol. The van der Waals surface area contributed by atoms with Gasteiger partial charge < -0.3 is 10.8 Å². The molecule has 0 aliphatic heterocycles. The summed E-state index contributed by atoms with van der Waals surface area (Å²) in [4.78, 5) is 1.20. The molecule has 1 aromatic heterocycles. The lowest BCUT2D eigenvalue weighted by Gasteiger charge is -2.23. The van der Waals surface area contributed by atoms with Crippen LogP contribution >= 0.6 is 11.3 Å². The molecule has 1 rings (SSSR count). The summed E-state index contributed by atoms with van der Waals surface area (Å²) in [5.74, 6) is 0. The third kappa shape index (κ3) is 2.30. The van der Waals surface area contributed by atoms with Crippen molar-refractivity contribution in [2.75, 3.05) is 6.54 Å². The molecule has 2 nitrogen and oxygen atoms in total. The average molecular weight is 185 g/mol. The van der Waals surface area contributed by atoms with Gasteiger partial charge in [0.25, 0.3) is 0 Å². The number of hydrogen-bond acceptors (Lipinski definition) is 3. The van der Waals surface area contributed by atoms with Crippen LogP contribution in [0.25, 0.3) is 0 Å². The molecule has 68 valence electrons. The highest BCUT2D eigenvalue weighted by atomic mass is 32.1. The van der Waals surface area contributed by atoms with Crippen LogP contribution in [0.1, 0.15) is 18.2 Å². The fourth-order valence-electron chi connectivity index (χ4n) is 1.08. The molecular formula is C9H15NOS. The summed E-state index contributed by atoms with van der Waals surface area (Å²) in [6, 6.07) is 4.02. The van der Waals surface area contributed by atoms with E-state index in [1.54, 1.807) is 11.3 Å². The van der Waals surface area contributed by atoms with E-state index in [2.05, 4.69) is 0 Å². The second-order valence-corrected chi connectivity index (χ2v) is 4.07. The first-order valence-electron chi connectivity index (χ1n) is 4.15. The van der Waals surface area contributed by atoms with Crippen LogP contribution in [0.15, 0.2) is 17.5 Å². The third-order valence-electron chi connectivity index (χ3n) is 2.12. The zero-order chi connectivity index (χ0) is 9.03. The molecule has 1 unspecified atom stereocenters. The third-order valence-corrected chi connectivity index (χ3v) is 3.00. The van der Waals surface area contributed by atoms with Gasteiger partial charge in [0, 0.05) is 17.8 Å². The smallest absolute Gasteiger partial charge is 0.0814 e. The summed E-state index contributed by atoms with van der Waals surface area (Å²) in [7, 11) is 0. The highest BCUT2D eigenvalue weighted by Crippen LogP contribution is 2.19. The van der Waals surface area contributed by atoms with Gasteiger partial charge in [-0.05, 0) is 17.9 Å². The molecule has 0 bridgehead atoms. The largest absolute Gasteiger partial charge is 0.388 e. The summed E-state index contributed by atoms with van der Waals surface area (Å²) < 4.78 is 0. The Hall–Kier alpha value is -0.380. The molecule has 0 saturated heterocycles. The molecule has 3 heteroatoms. The summed E-state index contributed by atoms with van der Waals surface area (Å²) in [5.41, 5.74) is 4.79. The lowest BCUT2D eigenvalue weighted by Crippen LogP contribution is -2.38. The minimum absolute atomic E-state index is 0.335. The van der Waals surface area contributed by atoms with Gasteiger partial charge in [0.2, 0.25) is 0 Å². The Labute approximate surface area is 77.0 Å². The number of thiophene rings is 1. The summed E-state index contributed by atoms with van der Waals surface area (Å²) in [6.45, 7) is 2.29. The second-order valence-electron chi connectivity index (χ2n) is 3.04. The Morgan fingerprint density at radius 3 is 2.83 bits per heavy atom. The van der Waals surface area contributed by atoms with Crippen LogP contribution in [0, 0.1) is 0 Å². The molecule has 1 atom stereocenters. The summed E-state index contributed by atoms with van der Waals surface area (Å²) in [5, 5.41) is 11.9. The Kier molecular flexibility index (Phi) is 3.26. The van der Waals surface area contributed by atoms with Gasteiger partial charge in [-0.15, -0.1) is 11.3 Å². The van der Waals surface area contributed by atoms with Gasteiger partial charge in [-0.2, -0.15) is 0 Å². The minimum atomic E-state index is -0.704. The van der Waals surface area contributed by atoms with Crippen molar-refractivity contribution < 1.29 is 5.11 Å². The maximum Gasteiger partial charge on any atom is 0.0814 e. The van der Waals surface area contributed by atoms with Crippen molar-refractivity contribution >= 4 is 11.3 Å². The van der Waals surface area contributed by atoms with Gasteiger partial charge in [-0.25, -0.2) is 0 Å². The number of nitrogens with two attached hydrogens (primary N) is 1. The molecule has 0 radical (unpaired) electrons. The van der Waals surface area contributed by atoms with E-state index >= 15 is 0 Å². The second kappa shape index (κ2) is 4.03. The van der Waals surface area contributed by atoms with Crippen molar-refractivity contribution in [3.8, 4) is 0 Å². The molecule has 3 N–H and O–H groups in total. The topological polar surface area (TPSA) is 46.2 Å². The maximum absolute atomic E-state index is 9.88. The fourth-order valence-corrected chi connectivity index (χ4v) is 1.92. The SMILES string of the molecule is CCC(O)(CN)Cc1cccs1. The van der Waals surface area contributed by atoms with E-state index < -0.39 is 5.60 Å². The molecule has 1 aromatic rings. The van der Waals surface area contributed by atoms with Crippen molar-refractivity contribution in [1.82, 2.24) is 0 Å².